The Morgan fingerprint density at radius 3 is 3.00 bits per heavy atom. The molecular formula is C11H12N2. The summed E-state index contributed by atoms with van der Waals surface area (Å²) in [7, 11) is 0. The van der Waals surface area contributed by atoms with Crippen molar-refractivity contribution < 1.29 is 0 Å². The van der Waals surface area contributed by atoms with Gasteiger partial charge in [-0.1, -0.05) is 23.8 Å². The van der Waals surface area contributed by atoms with Crippen LogP contribution in [-0.4, -0.2) is 0 Å². The molecule has 0 spiro atoms. The molecule has 0 atom stereocenters. The van der Waals surface area contributed by atoms with E-state index in [1.807, 2.05) is 43.3 Å². The van der Waals surface area contributed by atoms with Gasteiger partial charge < -0.3 is 5.73 Å². The highest BCUT2D eigenvalue weighted by Gasteiger charge is 1.93. The number of hydrogen-bond donors (Lipinski definition) is 1. The number of allylic oxidation sites excluding steroid dienone is 1. The summed E-state index contributed by atoms with van der Waals surface area (Å²) >= 11 is 0. The standard InChI is InChI=1S/C11H12N2/c1-9-5-6-11(13)10(8-9)4-2-3-7-12/h2,4-6,8H,3,13H2,1H3. The number of nitriles is 1. The average Bonchev–Trinajstić information content (AvgIpc) is 2.11. The highest BCUT2D eigenvalue weighted by molar-refractivity contribution is 5.65. The third-order valence-electron chi connectivity index (χ3n) is 1.75. The van der Waals surface area contributed by atoms with Crippen LogP contribution in [0.4, 0.5) is 5.69 Å². The van der Waals surface area contributed by atoms with Crippen LogP contribution in [-0.2, 0) is 0 Å². The second-order valence-electron chi connectivity index (χ2n) is 2.90. The first kappa shape index (κ1) is 9.34. The molecule has 1 rings (SSSR count). The normalized spacial score (nSPS) is 10.2. The number of anilines is 1. The fourth-order valence-corrected chi connectivity index (χ4v) is 1.08. The zero-order valence-electron chi connectivity index (χ0n) is 7.62. The lowest BCUT2D eigenvalue weighted by Crippen LogP contribution is -1.89. The van der Waals surface area contributed by atoms with Crippen molar-refractivity contribution in [2.75, 3.05) is 5.73 Å². The Morgan fingerprint density at radius 1 is 1.54 bits per heavy atom. The van der Waals surface area contributed by atoms with Gasteiger partial charge in [-0.3, -0.25) is 0 Å². The van der Waals surface area contributed by atoms with E-state index < -0.39 is 0 Å². The maximum atomic E-state index is 8.34. The van der Waals surface area contributed by atoms with Crippen LogP contribution in [0.5, 0.6) is 0 Å². The fourth-order valence-electron chi connectivity index (χ4n) is 1.08. The molecule has 0 fully saturated rings. The molecule has 2 N–H and O–H groups in total. The van der Waals surface area contributed by atoms with Crippen molar-refractivity contribution in [3.05, 3.63) is 35.4 Å². The SMILES string of the molecule is Cc1ccc(N)c(C=CCC#N)c1. The lowest BCUT2D eigenvalue weighted by Gasteiger charge is -2.00. The molecule has 0 unspecified atom stereocenters. The summed E-state index contributed by atoms with van der Waals surface area (Å²) in [6, 6.07) is 7.89. The molecule has 2 nitrogen and oxygen atoms in total. The lowest BCUT2D eigenvalue weighted by atomic mass is 10.1. The molecule has 0 aromatic heterocycles. The predicted molar refractivity (Wildman–Crippen MR) is 54.9 cm³/mol. The van der Waals surface area contributed by atoms with Crippen molar-refractivity contribution in [3.8, 4) is 6.07 Å². The maximum absolute atomic E-state index is 8.34. The van der Waals surface area contributed by atoms with Gasteiger partial charge in [0.1, 0.15) is 0 Å². The van der Waals surface area contributed by atoms with Gasteiger partial charge in [0.2, 0.25) is 0 Å². The molecule has 0 aliphatic carbocycles. The Kier molecular flexibility index (Phi) is 3.10. The van der Waals surface area contributed by atoms with Crippen molar-refractivity contribution >= 4 is 11.8 Å². The maximum Gasteiger partial charge on any atom is 0.0663 e. The predicted octanol–water partition coefficient (Wildman–Crippen LogP) is 2.50. The van der Waals surface area contributed by atoms with Gasteiger partial charge in [-0.2, -0.15) is 5.26 Å². The van der Waals surface area contributed by atoms with Crippen LogP contribution in [0.2, 0.25) is 0 Å². The van der Waals surface area contributed by atoms with Gasteiger partial charge in [-0.05, 0) is 24.6 Å². The van der Waals surface area contributed by atoms with Gasteiger partial charge in [-0.15, -0.1) is 0 Å². The number of nitrogens with zero attached hydrogens (tertiary/aromatic N) is 1. The van der Waals surface area contributed by atoms with Crippen molar-refractivity contribution in [2.45, 2.75) is 13.3 Å². The number of nitrogen functional groups attached to an aromatic ring is 1. The first-order valence-corrected chi connectivity index (χ1v) is 4.13. The third kappa shape index (κ3) is 2.64. The molecular weight excluding hydrogens is 160 g/mol. The number of rotatable bonds is 2. The minimum Gasteiger partial charge on any atom is -0.398 e. The van der Waals surface area contributed by atoms with E-state index in [4.69, 9.17) is 11.0 Å². The van der Waals surface area contributed by atoms with Gasteiger partial charge in [0.15, 0.2) is 0 Å². The van der Waals surface area contributed by atoms with E-state index in [9.17, 15) is 0 Å². The van der Waals surface area contributed by atoms with Crippen LogP contribution in [0.3, 0.4) is 0 Å². The molecule has 0 saturated heterocycles. The second kappa shape index (κ2) is 4.32. The minimum absolute atomic E-state index is 0.424. The van der Waals surface area contributed by atoms with Crippen molar-refractivity contribution in [1.29, 1.82) is 5.26 Å². The number of benzene rings is 1. The van der Waals surface area contributed by atoms with Crippen LogP contribution >= 0.6 is 0 Å². The summed E-state index contributed by atoms with van der Waals surface area (Å²) in [4.78, 5) is 0. The van der Waals surface area contributed by atoms with Crippen molar-refractivity contribution in [1.82, 2.24) is 0 Å². The van der Waals surface area contributed by atoms with Crippen LogP contribution in [0, 0.1) is 18.3 Å². The van der Waals surface area contributed by atoms with E-state index in [2.05, 4.69) is 0 Å². The monoisotopic (exact) mass is 172 g/mol. The summed E-state index contributed by atoms with van der Waals surface area (Å²) in [5.74, 6) is 0. The van der Waals surface area contributed by atoms with Crippen LogP contribution in [0.1, 0.15) is 17.5 Å². The molecule has 13 heavy (non-hydrogen) atoms. The quantitative estimate of drug-likeness (QED) is 0.697. The van der Waals surface area contributed by atoms with E-state index in [1.54, 1.807) is 0 Å². The first-order chi connectivity index (χ1) is 6.24. The number of nitrogens with two attached hydrogens (primary N) is 1. The summed E-state index contributed by atoms with van der Waals surface area (Å²) in [5.41, 5.74) is 8.64. The number of hydrogen-bond acceptors (Lipinski definition) is 2. The second-order valence-corrected chi connectivity index (χ2v) is 2.90. The van der Waals surface area contributed by atoms with Crippen molar-refractivity contribution in [3.63, 3.8) is 0 Å². The van der Waals surface area contributed by atoms with Gasteiger partial charge in [-0.25, -0.2) is 0 Å². The Morgan fingerprint density at radius 2 is 2.31 bits per heavy atom. The fraction of sp³-hybridized carbons (Fsp3) is 0.182. The first-order valence-electron chi connectivity index (χ1n) is 4.13. The van der Waals surface area contributed by atoms with E-state index in [0.717, 1.165) is 11.3 Å². The summed E-state index contributed by atoms with van der Waals surface area (Å²) in [5, 5.41) is 8.34. The molecule has 66 valence electrons. The van der Waals surface area contributed by atoms with Gasteiger partial charge in [0.25, 0.3) is 0 Å². The van der Waals surface area contributed by atoms with Gasteiger partial charge in [0, 0.05) is 5.69 Å². The van der Waals surface area contributed by atoms with E-state index in [0.29, 0.717) is 6.42 Å². The molecule has 2 heteroatoms. The van der Waals surface area contributed by atoms with E-state index in [-0.39, 0.29) is 0 Å². The Bertz CT molecular complexity index is 359. The Hall–Kier alpha value is -1.75. The van der Waals surface area contributed by atoms with Crippen LogP contribution in [0.25, 0.3) is 6.08 Å². The molecule has 0 aliphatic heterocycles. The lowest BCUT2D eigenvalue weighted by molar-refractivity contribution is 1.36. The molecule has 0 bridgehead atoms. The van der Waals surface area contributed by atoms with E-state index in [1.165, 1.54) is 5.56 Å². The minimum atomic E-state index is 0.424. The molecule has 0 aliphatic rings. The summed E-state index contributed by atoms with van der Waals surface area (Å²) in [6.45, 7) is 2.01. The third-order valence-corrected chi connectivity index (χ3v) is 1.75. The number of aryl methyl sites for hydroxylation is 1. The van der Waals surface area contributed by atoms with Gasteiger partial charge >= 0.3 is 0 Å². The Labute approximate surface area is 78.3 Å². The smallest absolute Gasteiger partial charge is 0.0663 e. The molecule has 1 aromatic rings. The zero-order valence-corrected chi connectivity index (χ0v) is 7.62. The highest BCUT2D eigenvalue weighted by Crippen LogP contribution is 2.15. The zero-order chi connectivity index (χ0) is 9.68. The van der Waals surface area contributed by atoms with Gasteiger partial charge in [0.05, 0.1) is 12.5 Å². The van der Waals surface area contributed by atoms with Crippen LogP contribution in [0.15, 0.2) is 24.3 Å². The molecule has 0 radical (unpaired) electrons. The molecule has 0 amide bonds. The molecule has 1 aromatic carbocycles. The largest absolute Gasteiger partial charge is 0.398 e. The topological polar surface area (TPSA) is 49.8 Å². The molecule has 0 saturated carbocycles. The highest BCUT2D eigenvalue weighted by atomic mass is 14.5. The molecule has 0 heterocycles. The Balaban J connectivity index is 2.88. The average molecular weight is 172 g/mol. The van der Waals surface area contributed by atoms with Crippen LogP contribution < -0.4 is 5.73 Å². The van der Waals surface area contributed by atoms with E-state index >= 15 is 0 Å². The summed E-state index contributed by atoms with van der Waals surface area (Å²) in [6.07, 6.45) is 4.12. The summed E-state index contributed by atoms with van der Waals surface area (Å²) < 4.78 is 0. The van der Waals surface area contributed by atoms with Crippen molar-refractivity contribution in [2.24, 2.45) is 0 Å².